The van der Waals surface area contributed by atoms with Gasteiger partial charge in [0.15, 0.2) is 12.4 Å². The molecule has 1 saturated carbocycles. The van der Waals surface area contributed by atoms with Gasteiger partial charge >= 0.3 is 5.97 Å². The minimum absolute atomic E-state index is 0.0843. The first-order chi connectivity index (χ1) is 10.4. The maximum atomic E-state index is 11.4. The second-order valence-electron chi connectivity index (χ2n) is 8.38. The molecule has 0 N–H and O–H groups in total. The largest absolute Gasteiger partial charge is 0.457 e. The van der Waals surface area contributed by atoms with Gasteiger partial charge in [-0.2, -0.15) is 0 Å². The van der Waals surface area contributed by atoms with Crippen LogP contribution < -0.4 is 0 Å². The highest BCUT2D eigenvalue weighted by atomic mass is 16.7. The van der Waals surface area contributed by atoms with E-state index in [1.165, 1.54) is 19.3 Å². The SMILES string of the molecule is C=C1OC(C)=C(COC(=O)C(C)(C)C)O1.CC(C)(C)C1CCC1. The van der Waals surface area contributed by atoms with Crippen LogP contribution in [0.25, 0.3) is 0 Å². The Morgan fingerprint density at radius 1 is 1.17 bits per heavy atom. The van der Waals surface area contributed by atoms with Crippen molar-refractivity contribution in [3.8, 4) is 0 Å². The average molecular weight is 324 g/mol. The monoisotopic (exact) mass is 324 g/mol. The van der Waals surface area contributed by atoms with Gasteiger partial charge in [0.25, 0.3) is 5.95 Å². The fourth-order valence-electron chi connectivity index (χ4n) is 2.21. The Balaban J connectivity index is 0.000000277. The molecule has 2 aliphatic rings. The molecule has 0 aromatic rings. The van der Waals surface area contributed by atoms with Gasteiger partial charge in [0.2, 0.25) is 0 Å². The van der Waals surface area contributed by atoms with Crippen molar-refractivity contribution in [2.24, 2.45) is 16.7 Å². The second-order valence-corrected chi connectivity index (χ2v) is 8.38. The van der Waals surface area contributed by atoms with Gasteiger partial charge < -0.3 is 14.2 Å². The molecular weight excluding hydrogens is 292 g/mol. The molecule has 0 atom stereocenters. The highest BCUT2D eigenvalue weighted by Crippen LogP contribution is 2.40. The number of ether oxygens (including phenoxy) is 3. The summed E-state index contributed by atoms with van der Waals surface area (Å²) in [5.74, 6) is 2.06. The van der Waals surface area contributed by atoms with Gasteiger partial charge in [-0.1, -0.05) is 27.2 Å². The van der Waals surface area contributed by atoms with Crippen LogP contribution in [0.3, 0.4) is 0 Å². The number of hydrogen-bond acceptors (Lipinski definition) is 4. The third-order valence-corrected chi connectivity index (χ3v) is 4.17. The normalized spacial score (nSPS) is 18.5. The lowest BCUT2D eigenvalue weighted by molar-refractivity contribution is -0.152. The van der Waals surface area contributed by atoms with Crippen molar-refractivity contribution < 1.29 is 19.0 Å². The van der Waals surface area contributed by atoms with Crippen molar-refractivity contribution in [1.82, 2.24) is 0 Å². The molecule has 132 valence electrons. The minimum atomic E-state index is -0.509. The number of rotatable bonds is 2. The lowest BCUT2D eigenvalue weighted by Gasteiger charge is -2.37. The van der Waals surface area contributed by atoms with Crippen LogP contribution in [-0.4, -0.2) is 12.6 Å². The van der Waals surface area contributed by atoms with Crippen LogP contribution in [-0.2, 0) is 19.0 Å². The molecule has 0 spiro atoms. The van der Waals surface area contributed by atoms with Crippen LogP contribution in [0.5, 0.6) is 0 Å². The molecule has 2 rings (SSSR count). The number of carbonyl (C=O) groups excluding carboxylic acids is 1. The summed E-state index contributed by atoms with van der Waals surface area (Å²) in [5.41, 5.74) is 0.0865. The van der Waals surface area contributed by atoms with Gasteiger partial charge in [-0.3, -0.25) is 4.79 Å². The lowest BCUT2D eigenvalue weighted by atomic mass is 9.69. The van der Waals surface area contributed by atoms with Gasteiger partial charge in [0.05, 0.1) is 5.41 Å². The van der Waals surface area contributed by atoms with Gasteiger partial charge in [0, 0.05) is 0 Å². The van der Waals surface area contributed by atoms with E-state index >= 15 is 0 Å². The van der Waals surface area contributed by atoms with Gasteiger partial charge in [-0.05, 0) is 58.4 Å². The molecule has 0 unspecified atom stereocenters. The van der Waals surface area contributed by atoms with Gasteiger partial charge in [0.1, 0.15) is 5.76 Å². The lowest BCUT2D eigenvalue weighted by Crippen LogP contribution is -2.26. The molecule has 0 saturated heterocycles. The molecule has 0 amide bonds. The molecular formula is C19H32O4. The number of esters is 1. The zero-order valence-electron chi connectivity index (χ0n) is 15.7. The van der Waals surface area contributed by atoms with E-state index in [2.05, 4.69) is 27.4 Å². The Bertz CT molecular complexity index is 471. The van der Waals surface area contributed by atoms with Crippen molar-refractivity contribution in [3.05, 3.63) is 24.0 Å². The van der Waals surface area contributed by atoms with Crippen LogP contribution in [0.2, 0.25) is 0 Å². The number of carbonyl (C=O) groups is 1. The summed E-state index contributed by atoms with van der Waals surface area (Å²) in [6, 6.07) is 0. The molecule has 0 bridgehead atoms. The van der Waals surface area contributed by atoms with Gasteiger partial charge in [-0.15, -0.1) is 0 Å². The standard InChI is InChI=1S/C11H16O4.C8H16/c1-7-9(15-8(2)14-7)6-13-10(12)11(3,4)5;1-8(2,3)7-5-4-6-7/h2,6H2,1,3-5H3;7H,4-6H2,1-3H3. The van der Waals surface area contributed by atoms with Crippen molar-refractivity contribution in [2.45, 2.75) is 67.7 Å². The smallest absolute Gasteiger partial charge is 0.311 e. The third kappa shape index (κ3) is 6.28. The zero-order valence-corrected chi connectivity index (χ0v) is 15.7. The van der Waals surface area contributed by atoms with Crippen LogP contribution in [0.1, 0.15) is 67.7 Å². The van der Waals surface area contributed by atoms with Crippen LogP contribution in [0.4, 0.5) is 0 Å². The Kier molecular flexibility index (Phi) is 6.32. The Hall–Kier alpha value is -1.45. The predicted molar refractivity (Wildman–Crippen MR) is 91.2 cm³/mol. The molecule has 1 fully saturated rings. The Labute approximate surface area is 140 Å². The summed E-state index contributed by atoms with van der Waals surface area (Å²) in [7, 11) is 0. The fraction of sp³-hybridized carbons (Fsp3) is 0.737. The summed E-state index contributed by atoms with van der Waals surface area (Å²) in [6.07, 6.45) is 4.43. The highest BCUT2D eigenvalue weighted by Gasteiger charge is 2.29. The Morgan fingerprint density at radius 2 is 1.74 bits per heavy atom. The third-order valence-electron chi connectivity index (χ3n) is 4.17. The maximum absolute atomic E-state index is 11.4. The molecule has 1 aliphatic heterocycles. The molecule has 4 nitrogen and oxygen atoms in total. The van der Waals surface area contributed by atoms with E-state index in [4.69, 9.17) is 14.2 Å². The molecule has 0 radical (unpaired) electrons. The first-order valence-corrected chi connectivity index (χ1v) is 8.33. The van der Waals surface area contributed by atoms with Crippen LogP contribution in [0, 0.1) is 16.7 Å². The fourth-order valence-corrected chi connectivity index (χ4v) is 2.21. The zero-order chi connectivity index (χ0) is 17.8. The molecule has 1 heterocycles. The first kappa shape index (κ1) is 19.6. The van der Waals surface area contributed by atoms with Crippen molar-refractivity contribution in [1.29, 1.82) is 0 Å². The molecule has 23 heavy (non-hydrogen) atoms. The quantitative estimate of drug-likeness (QED) is 0.658. The van der Waals surface area contributed by atoms with Gasteiger partial charge in [-0.25, -0.2) is 0 Å². The maximum Gasteiger partial charge on any atom is 0.311 e. The van der Waals surface area contributed by atoms with E-state index in [1.807, 2.05) is 0 Å². The summed E-state index contributed by atoms with van der Waals surface area (Å²) in [4.78, 5) is 11.4. The van der Waals surface area contributed by atoms with Crippen molar-refractivity contribution in [2.75, 3.05) is 6.61 Å². The van der Waals surface area contributed by atoms with Crippen LogP contribution in [0.15, 0.2) is 24.0 Å². The second kappa shape index (κ2) is 7.41. The molecule has 0 aromatic carbocycles. The van der Waals surface area contributed by atoms with E-state index in [0.29, 0.717) is 16.9 Å². The molecule has 0 aromatic heterocycles. The average Bonchev–Trinajstić information content (AvgIpc) is 2.59. The highest BCUT2D eigenvalue weighted by molar-refractivity contribution is 5.75. The summed E-state index contributed by atoms with van der Waals surface area (Å²) in [5, 5.41) is 0. The van der Waals surface area contributed by atoms with E-state index < -0.39 is 5.41 Å². The summed E-state index contributed by atoms with van der Waals surface area (Å²) in [6.45, 7) is 17.7. The van der Waals surface area contributed by atoms with E-state index in [9.17, 15) is 4.79 Å². The minimum Gasteiger partial charge on any atom is -0.457 e. The van der Waals surface area contributed by atoms with E-state index in [-0.39, 0.29) is 18.5 Å². The van der Waals surface area contributed by atoms with Crippen molar-refractivity contribution >= 4 is 5.97 Å². The first-order valence-electron chi connectivity index (χ1n) is 8.33. The van der Waals surface area contributed by atoms with E-state index in [1.54, 1.807) is 27.7 Å². The predicted octanol–water partition coefficient (Wildman–Crippen LogP) is 5.16. The number of hydrogen-bond donors (Lipinski definition) is 0. The molecule has 4 heteroatoms. The van der Waals surface area contributed by atoms with Crippen LogP contribution >= 0.6 is 0 Å². The summed E-state index contributed by atoms with van der Waals surface area (Å²) < 4.78 is 15.3. The Morgan fingerprint density at radius 3 is 2.00 bits per heavy atom. The molecule has 1 aliphatic carbocycles. The topological polar surface area (TPSA) is 44.8 Å². The summed E-state index contributed by atoms with van der Waals surface area (Å²) >= 11 is 0. The van der Waals surface area contributed by atoms with E-state index in [0.717, 1.165) is 5.92 Å². The number of allylic oxidation sites excluding steroid dienone is 1. The van der Waals surface area contributed by atoms with Crippen molar-refractivity contribution in [3.63, 3.8) is 0 Å².